The number of amides is 1. The lowest BCUT2D eigenvalue weighted by Gasteiger charge is -2.18. The van der Waals surface area contributed by atoms with Crippen molar-refractivity contribution < 1.29 is 14.7 Å². The van der Waals surface area contributed by atoms with Gasteiger partial charge in [0.15, 0.2) is 0 Å². The van der Waals surface area contributed by atoms with Gasteiger partial charge < -0.3 is 10.4 Å². The van der Waals surface area contributed by atoms with Crippen LogP contribution in [0.3, 0.4) is 0 Å². The smallest absolute Gasteiger partial charge is 0.326 e. The Bertz CT molecular complexity index is 431. The molecule has 0 spiro atoms. The molecule has 0 aliphatic rings. The predicted octanol–water partition coefficient (Wildman–Crippen LogP) is 2.62. The molecule has 0 aliphatic heterocycles. The Labute approximate surface area is 120 Å². The second kappa shape index (κ2) is 8.35. The molecule has 1 amide bonds. The third kappa shape index (κ3) is 5.43. The Morgan fingerprint density at radius 1 is 1.25 bits per heavy atom. The van der Waals surface area contributed by atoms with Crippen molar-refractivity contribution in [1.82, 2.24) is 5.32 Å². The minimum absolute atomic E-state index is 0.146. The van der Waals surface area contributed by atoms with Crippen LogP contribution < -0.4 is 5.32 Å². The van der Waals surface area contributed by atoms with Gasteiger partial charge in [0.25, 0.3) is 0 Å². The average Bonchev–Trinajstić information content (AvgIpc) is 2.44. The summed E-state index contributed by atoms with van der Waals surface area (Å²) in [6, 6.07) is 8.46. The lowest BCUT2D eigenvalue weighted by Crippen LogP contribution is -2.44. The molecule has 0 bridgehead atoms. The molecule has 0 aliphatic carbocycles. The van der Waals surface area contributed by atoms with E-state index in [1.54, 1.807) is 0 Å². The fraction of sp³-hybridized carbons (Fsp3) is 0.500. The van der Waals surface area contributed by atoms with Crippen LogP contribution in [0.1, 0.15) is 38.7 Å². The third-order valence-corrected chi connectivity index (χ3v) is 3.34. The first-order chi connectivity index (χ1) is 9.54. The molecule has 0 heterocycles. The van der Waals surface area contributed by atoms with Crippen LogP contribution in [-0.4, -0.2) is 23.0 Å². The normalized spacial score (nSPS) is 13.5. The van der Waals surface area contributed by atoms with Crippen LogP contribution in [0.25, 0.3) is 0 Å². The number of aliphatic carboxylic acids is 1. The van der Waals surface area contributed by atoms with Crippen molar-refractivity contribution in [2.75, 3.05) is 0 Å². The molecule has 0 fully saturated rings. The molecule has 1 unspecified atom stereocenters. The van der Waals surface area contributed by atoms with Crippen molar-refractivity contribution in [3.05, 3.63) is 35.9 Å². The number of carbonyl (C=O) groups is 2. The van der Waals surface area contributed by atoms with E-state index in [1.807, 2.05) is 37.3 Å². The van der Waals surface area contributed by atoms with E-state index in [2.05, 4.69) is 12.2 Å². The Morgan fingerprint density at radius 3 is 2.45 bits per heavy atom. The second-order valence-electron chi connectivity index (χ2n) is 5.13. The molecule has 1 aromatic carbocycles. The van der Waals surface area contributed by atoms with E-state index in [4.69, 9.17) is 0 Å². The topological polar surface area (TPSA) is 66.4 Å². The zero-order valence-electron chi connectivity index (χ0n) is 12.1. The molecule has 0 saturated carbocycles. The summed E-state index contributed by atoms with van der Waals surface area (Å²) in [4.78, 5) is 23.2. The number of carbonyl (C=O) groups excluding carboxylic acids is 1. The van der Waals surface area contributed by atoms with Crippen LogP contribution in [0, 0.1) is 5.92 Å². The van der Waals surface area contributed by atoms with Crippen molar-refractivity contribution in [3.63, 3.8) is 0 Å². The summed E-state index contributed by atoms with van der Waals surface area (Å²) < 4.78 is 0. The largest absolute Gasteiger partial charge is 0.480 e. The van der Waals surface area contributed by atoms with Gasteiger partial charge in [-0.15, -0.1) is 0 Å². The summed E-state index contributed by atoms with van der Waals surface area (Å²) in [7, 11) is 0. The SMILES string of the molecule is CCCCC(C)C(=O)N[C@@H](Cc1ccccc1)C(=O)O. The van der Waals surface area contributed by atoms with E-state index in [0.29, 0.717) is 6.42 Å². The summed E-state index contributed by atoms with van der Waals surface area (Å²) in [5.41, 5.74) is 0.904. The highest BCUT2D eigenvalue weighted by Gasteiger charge is 2.22. The number of unbranched alkanes of at least 4 members (excludes halogenated alkanes) is 1. The molecule has 0 aromatic heterocycles. The molecular weight excluding hydrogens is 254 g/mol. The zero-order valence-corrected chi connectivity index (χ0v) is 12.1. The van der Waals surface area contributed by atoms with Crippen molar-refractivity contribution in [1.29, 1.82) is 0 Å². The molecule has 2 atom stereocenters. The number of hydrogen-bond acceptors (Lipinski definition) is 2. The van der Waals surface area contributed by atoms with Crippen LogP contribution in [0.15, 0.2) is 30.3 Å². The van der Waals surface area contributed by atoms with E-state index < -0.39 is 12.0 Å². The van der Waals surface area contributed by atoms with Crippen LogP contribution in [-0.2, 0) is 16.0 Å². The van der Waals surface area contributed by atoms with Gasteiger partial charge in [-0.25, -0.2) is 4.79 Å². The molecule has 4 nitrogen and oxygen atoms in total. The summed E-state index contributed by atoms with van der Waals surface area (Å²) in [5.74, 6) is -1.32. The Morgan fingerprint density at radius 2 is 1.90 bits per heavy atom. The van der Waals surface area contributed by atoms with Gasteiger partial charge in [-0.2, -0.15) is 0 Å². The maximum absolute atomic E-state index is 12.0. The number of rotatable bonds is 8. The van der Waals surface area contributed by atoms with Gasteiger partial charge in [0.2, 0.25) is 5.91 Å². The quantitative estimate of drug-likeness (QED) is 0.767. The average molecular weight is 277 g/mol. The predicted molar refractivity (Wildman–Crippen MR) is 78.4 cm³/mol. The van der Waals surface area contributed by atoms with Gasteiger partial charge in [0, 0.05) is 12.3 Å². The van der Waals surface area contributed by atoms with Gasteiger partial charge in [0.1, 0.15) is 6.04 Å². The van der Waals surface area contributed by atoms with Crippen molar-refractivity contribution in [2.24, 2.45) is 5.92 Å². The highest BCUT2D eigenvalue weighted by molar-refractivity contribution is 5.84. The fourth-order valence-corrected chi connectivity index (χ4v) is 2.01. The van der Waals surface area contributed by atoms with Gasteiger partial charge in [-0.1, -0.05) is 57.0 Å². The van der Waals surface area contributed by atoms with E-state index in [0.717, 1.165) is 24.8 Å². The summed E-state index contributed by atoms with van der Waals surface area (Å²) in [6.07, 6.45) is 3.11. The summed E-state index contributed by atoms with van der Waals surface area (Å²) in [5, 5.41) is 11.9. The highest BCUT2D eigenvalue weighted by Crippen LogP contribution is 2.09. The number of carboxylic acid groups (broad SMARTS) is 1. The Kier molecular flexibility index (Phi) is 6.77. The first-order valence-electron chi connectivity index (χ1n) is 7.11. The molecule has 1 rings (SSSR count). The van der Waals surface area contributed by atoms with Crippen LogP contribution in [0.2, 0.25) is 0 Å². The molecule has 0 radical (unpaired) electrons. The first kappa shape index (κ1) is 16.2. The minimum atomic E-state index is -0.995. The Balaban J connectivity index is 2.59. The zero-order chi connectivity index (χ0) is 15.0. The van der Waals surface area contributed by atoms with E-state index in [1.165, 1.54) is 0 Å². The molecule has 1 aromatic rings. The molecule has 20 heavy (non-hydrogen) atoms. The molecule has 4 heteroatoms. The van der Waals surface area contributed by atoms with Gasteiger partial charge in [-0.05, 0) is 12.0 Å². The Hall–Kier alpha value is -1.84. The lowest BCUT2D eigenvalue weighted by molar-refractivity contribution is -0.142. The van der Waals surface area contributed by atoms with Crippen molar-refractivity contribution >= 4 is 11.9 Å². The maximum atomic E-state index is 12.0. The van der Waals surface area contributed by atoms with Crippen LogP contribution >= 0.6 is 0 Å². The number of nitrogens with one attached hydrogen (secondary N) is 1. The second-order valence-corrected chi connectivity index (χ2v) is 5.13. The standard InChI is InChI=1S/C16H23NO3/c1-3-4-8-12(2)15(18)17-14(16(19)20)11-13-9-6-5-7-10-13/h5-7,9-10,12,14H,3-4,8,11H2,1-2H3,(H,17,18)(H,19,20)/t12?,14-/m0/s1. The monoisotopic (exact) mass is 277 g/mol. The highest BCUT2D eigenvalue weighted by atomic mass is 16.4. The number of hydrogen-bond donors (Lipinski definition) is 2. The lowest BCUT2D eigenvalue weighted by atomic mass is 10.0. The van der Waals surface area contributed by atoms with Crippen molar-refractivity contribution in [3.8, 4) is 0 Å². The molecular formula is C16H23NO3. The van der Waals surface area contributed by atoms with Crippen LogP contribution in [0.4, 0.5) is 0 Å². The fourth-order valence-electron chi connectivity index (χ4n) is 2.01. The molecule has 110 valence electrons. The van der Waals surface area contributed by atoms with E-state index >= 15 is 0 Å². The third-order valence-electron chi connectivity index (χ3n) is 3.34. The van der Waals surface area contributed by atoms with Gasteiger partial charge in [0.05, 0.1) is 0 Å². The van der Waals surface area contributed by atoms with Gasteiger partial charge in [-0.3, -0.25) is 4.79 Å². The molecule has 2 N–H and O–H groups in total. The van der Waals surface area contributed by atoms with Gasteiger partial charge >= 0.3 is 5.97 Å². The molecule has 0 saturated heterocycles. The summed E-state index contributed by atoms with van der Waals surface area (Å²) >= 11 is 0. The maximum Gasteiger partial charge on any atom is 0.326 e. The first-order valence-corrected chi connectivity index (χ1v) is 7.11. The van der Waals surface area contributed by atoms with E-state index in [9.17, 15) is 14.7 Å². The minimum Gasteiger partial charge on any atom is -0.480 e. The number of benzene rings is 1. The van der Waals surface area contributed by atoms with Crippen molar-refractivity contribution in [2.45, 2.75) is 45.6 Å². The number of carboxylic acids is 1. The summed E-state index contributed by atoms with van der Waals surface area (Å²) in [6.45, 7) is 3.91. The van der Waals surface area contributed by atoms with Crippen LogP contribution in [0.5, 0.6) is 0 Å². The van der Waals surface area contributed by atoms with E-state index in [-0.39, 0.29) is 11.8 Å².